The molecule has 1 saturated heterocycles. The Hall–Kier alpha value is 1.06. The van der Waals surface area contributed by atoms with Gasteiger partial charge < -0.3 is 24.7 Å². The Balaban J connectivity index is 1.86. The summed E-state index contributed by atoms with van der Waals surface area (Å²) in [5.74, 6) is 0. The Kier molecular flexibility index (Phi) is 22.0. The van der Waals surface area contributed by atoms with Crippen molar-refractivity contribution < 1.29 is 24.7 Å². The molecule has 1 heterocycles. The number of hydrogen-bond acceptors (Lipinski definition) is 6. The molecule has 0 amide bonds. The Morgan fingerprint density at radius 3 is 1.25 bits per heavy atom. The van der Waals surface area contributed by atoms with Crippen LogP contribution in [-0.2, 0) is 24.7 Å². The number of unbranched alkanes of at least 4 members (excludes halogenated alkanes) is 13. The molecule has 1 aliphatic heterocycles. The molecule has 0 saturated carbocycles. The van der Waals surface area contributed by atoms with Gasteiger partial charge in [-0.15, -0.1) is 0 Å². The van der Waals surface area contributed by atoms with Crippen molar-refractivity contribution in [2.45, 2.75) is 103 Å². The summed E-state index contributed by atoms with van der Waals surface area (Å²) >= 11 is 0. The molecule has 1 aliphatic rings. The Labute approximate surface area is 186 Å². The highest BCUT2D eigenvalue weighted by Gasteiger charge is 2.14. The largest absolute Gasteiger partial charge is 0.425 e. The fourth-order valence-corrected chi connectivity index (χ4v) is 15.9. The summed E-state index contributed by atoms with van der Waals surface area (Å²) < 4.78 is 34.0. The van der Waals surface area contributed by atoms with Crippen LogP contribution in [0.3, 0.4) is 0 Å². The van der Waals surface area contributed by atoms with Gasteiger partial charge in [-0.1, -0.05) is 96.8 Å². The lowest BCUT2D eigenvalue weighted by Crippen LogP contribution is -2.31. The van der Waals surface area contributed by atoms with E-state index in [1.165, 1.54) is 89.9 Å². The van der Waals surface area contributed by atoms with Crippen LogP contribution in [-0.4, -0.2) is 59.3 Å². The average Bonchev–Trinajstić information content (AvgIpc) is 2.70. The zero-order chi connectivity index (χ0) is 20.0. The van der Waals surface area contributed by atoms with Crippen molar-refractivity contribution in [2.24, 2.45) is 0 Å². The molecule has 1 fully saturated rings. The first kappa shape index (κ1) is 27.1. The third kappa shape index (κ3) is 19.1. The van der Waals surface area contributed by atoms with Crippen molar-refractivity contribution in [3.8, 4) is 0 Å². The predicted octanol–water partition coefficient (Wildman–Crippen LogP) is 0.795. The van der Waals surface area contributed by atoms with Crippen molar-refractivity contribution >= 4 is 59.3 Å². The fourth-order valence-electron chi connectivity index (χ4n) is 3.28. The molecule has 0 aromatic carbocycles. The Bertz CT molecular complexity index is 309. The molecule has 0 bridgehead atoms. The second-order valence-corrected chi connectivity index (χ2v) is 19.4. The summed E-state index contributed by atoms with van der Waals surface area (Å²) in [5.41, 5.74) is 0. The van der Waals surface area contributed by atoms with Crippen molar-refractivity contribution in [1.82, 2.24) is 0 Å². The van der Waals surface area contributed by atoms with Crippen LogP contribution in [0.1, 0.15) is 96.8 Å². The van der Waals surface area contributed by atoms with E-state index in [1.807, 2.05) is 0 Å². The maximum atomic E-state index is 5.96. The zero-order valence-electron chi connectivity index (χ0n) is 18.2. The van der Waals surface area contributed by atoms with Gasteiger partial charge in [0.05, 0.1) is 0 Å². The van der Waals surface area contributed by atoms with Crippen LogP contribution in [0.4, 0.5) is 0 Å². The van der Waals surface area contributed by atoms with Crippen LogP contribution in [0.25, 0.3) is 0 Å². The molecule has 28 heavy (non-hydrogen) atoms. The Morgan fingerprint density at radius 1 is 0.464 bits per heavy atom. The minimum atomic E-state index is -1.55. The Morgan fingerprint density at radius 2 is 0.821 bits per heavy atom. The molecule has 12 heteroatoms. The van der Waals surface area contributed by atoms with E-state index in [4.69, 9.17) is 24.7 Å². The molecule has 0 spiro atoms. The number of rotatable bonds is 15. The van der Waals surface area contributed by atoms with Crippen LogP contribution >= 0.6 is 0 Å². The van der Waals surface area contributed by atoms with E-state index in [1.54, 1.807) is 0 Å². The third-order valence-electron chi connectivity index (χ3n) is 4.97. The third-order valence-corrected chi connectivity index (χ3v) is 15.2. The second-order valence-electron chi connectivity index (χ2n) is 7.55. The molecule has 168 valence electrons. The highest BCUT2D eigenvalue weighted by molar-refractivity contribution is 6.59. The molecule has 0 aromatic rings. The zero-order valence-corrected chi connectivity index (χ0v) is 26.4. The first-order valence-corrected chi connectivity index (χ1v) is 19.0. The van der Waals surface area contributed by atoms with Gasteiger partial charge in [-0.2, -0.15) is 0 Å². The SMILES string of the molecule is CCCCCCCCCCCCCCCC[SiH]1O[SiH2]O[SiH2]O[SiH2]O[SiH2]O[SiH2]O1. The minimum Gasteiger partial charge on any atom is -0.425 e. The lowest BCUT2D eigenvalue weighted by atomic mass is 10.0. The average molecular weight is 501 g/mol. The normalized spacial score (nSPS) is 24.1. The van der Waals surface area contributed by atoms with Crippen molar-refractivity contribution in [3.63, 3.8) is 0 Å². The summed E-state index contributed by atoms with van der Waals surface area (Å²) in [4.78, 5) is 0. The second kappa shape index (κ2) is 22.7. The van der Waals surface area contributed by atoms with Crippen molar-refractivity contribution in [2.75, 3.05) is 0 Å². The lowest BCUT2D eigenvalue weighted by molar-refractivity contribution is 0.333. The quantitative estimate of drug-likeness (QED) is 0.245. The summed E-state index contributed by atoms with van der Waals surface area (Å²) in [6.45, 7) is 2.29. The van der Waals surface area contributed by atoms with Gasteiger partial charge in [-0.3, -0.25) is 0 Å². The van der Waals surface area contributed by atoms with Gasteiger partial charge in [0.25, 0.3) is 50.0 Å². The van der Waals surface area contributed by atoms with Gasteiger partial charge in [0, 0.05) is 0 Å². The van der Waals surface area contributed by atoms with Crippen LogP contribution in [0.2, 0.25) is 6.04 Å². The molecule has 0 N–H and O–H groups in total. The van der Waals surface area contributed by atoms with Gasteiger partial charge in [0.1, 0.15) is 0 Å². The molecule has 0 atom stereocenters. The van der Waals surface area contributed by atoms with Crippen LogP contribution in [0.15, 0.2) is 0 Å². The molecule has 0 aliphatic carbocycles. The fraction of sp³-hybridized carbons (Fsp3) is 1.00. The summed E-state index contributed by atoms with van der Waals surface area (Å²) in [6.07, 6.45) is 19.5. The highest BCUT2D eigenvalue weighted by Crippen LogP contribution is 2.14. The van der Waals surface area contributed by atoms with E-state index >= 15 is 0 Å². The van der Waals surface area contributed by atoms with Gasteiger partial charge in [0.15, 0.2) is 0 Å². The molecule has 0 radical (unpaired) electrons. The van der Waals surface area contributed by atoms with E-state index in [0.29, 0.717) is 0 Å². The number of hydrogen-bond donors (Lipinski definition) is 0. The maximum Gasteiger partial charge on any atom is 0.303 e. The summed E-state index contributed by atoms with van der Waals surface area (Å²) in [6, 6.07) is 1.10. The highest BCUT2D eigenvalue weighted by atomic mass is 28.4. The van der Waals surface area contributed by atoms with Crippen molar-refractivity contribution in [1.29, 1.82) is 0 Å². The molecular formula is C16H44O6Si6. The standard InChI is InChI=1S/C16H44O6Si6/c1-2-3-4-5-6-7-8-9-10-11-12-13-14-15-16-28-21-26-19-24-17-23-18-25-20-27-22-28/h28H,2-16,23-27H2,1H3. The topological polar surface area (TPSA) is 55.4 Å². The van der Waals surface area contributed by atoms with E-state index in [-0.39, 0.29) is 0 Å². The van der Waals surface area contributed by atoms with E-state index in [0.717, 1.165) is 6.04 Å². The van der Waals surface area contributed by atoms with Gasteiger partial charge in [-0.25, -0.2) is 0 Å². The van der Waals surface area contributed by atoms with Crippen LogP contribution in [0, 0.1) is 0 Å². The van der Waals surface area contributed by atoms with Gasteiger partial charge in [0.2, 0.25) is 0 Å². The predicted molar refractivity (Wildman–Crippen MR) is 131 cm³/mol. The first-order chi connectivity index (χ1) is 13.9. The minimum absolute atomic E-state index is 0.843. The molecule has 0 unspecified atom stereocenters. The van der Waals surface area contributed by atoms with Crippen LogP contribution in [0.5, 0.6) is 0 Å². The van der Waals surface area contributed by atoms with Crippen LogP contribution < -0.4 is 0 Å². The van der Waals surface area contributed by atoms with Gasteiger partial charge in [-0.05, 0) is 6.04 Å². The summed E-state index contributed by atoms with van der Waals surface area (Å²) in [5, 5.41) is 0. The molecule has 1 rings (SSSR count). The first-order valence-electron chi connectivity index (χ1n) is 11.5. The molecule has 0 aromatic heterocycles. The summed E-state index contributed by atoms with van der Waals surface area (Å²) in [7, 11) is -5.94. The van der Waals surface area contributed by atoms with Gasteiger partial charge >= 0.3 is 9.28 Å². The van der Waals surface area contributed by atoms with E-state index in [9.17, 15) is 0 Å². The van der Waals surface area contributed by atoms with Crippen molar-refractivity contribution in [3.05, 3.63) is 0 Å². The van der Waals surface area contributed by atoms with E-state index < -0.39 is 59.3 Å². The molecular weight excluding hydrogens is 457 g/mol. The lowest BCUT2D eigenvalue weighted by Gasteiger charge is -2.18. The monoisotopic (exact) mass is 500 g/mol. The van der Waals surface area contributed by atoms with E-state index in [2.05, 4.69) is 6.92 Å². The maximum absolute atomic E-state index is 5.96. The molecule has 6 nitrogen and oxygen atoms in total. The smallest absolute Gasteiger partial charge is 0.303 e.